The van der Waals surface area contributed by atoms with E-state index in [2.05, 4.69) is 15.2 Å². The summed E-state index contributed by atoms with van der Waals surface area (Å²) in [5.41, 5.74) is 11.9. The van der Waals surface area contributed by atoms with Crippen LogP contribution in [0.2, 0.25) is 0 Å². The molecule has 0 radical (unpaired) electrons. The molecule has 0 atom stereocenters. The molecule has 8 heteroatoms. The molecular formula is C6H7N5S3. The third-order valence-electron chi connectivity index (χ3n) is 1.34. The number of hydrogen-bond donors (Lipinski definition) is 2. The Morgan fingerprint density at radius 3 is 2.71 bits per heavy atom. The SMILES string of the molecule is Nc1nc(CSc2nnc(N)s2)cs1. The molecule has 2 aromatic heterocycles. The fourth-order valence-corrected chi connectivity index (χ4v) is 3.00. The van der Waals surface area contributed by atoms with Crippen LogP contribution in [0.4, 0.5) is 10.3 Å². The van der Waals surface area contributed by atoms with E-state index in [1.165, 1.54) is 22.7 Å². The maximum absolute atomic E-state index is 5.50. The van der Waals surface area contributed by atoms with Gasteiger partial charge in [-0.1, -0.05) is 23.1 Å². The standard InChI is InChI=1S/C6H7N5S3/c7-4-9-3(1-12-4)2-13-6-11-10-5(8)14-6/h1H,2H2,(H2,7,9)(H2,8,10). The van der Waals surface area contributed by atoms with Gasteiger partial charge in [-0.25, -0.2) is 4.98 Å². The zero-order valence-electron chi connectivity index (χ0n) is 7.01. The molecule has 0 spiro atoms. The topological polar surface area (TPSA) is 90.7 Å². The summed E-state index contributed by atoms with van der Waals surface area (Å²) in [5.74, 6) is 0.752. The van der Waals surface area contributed by atoms with Gasteiger partial charge in [0.2, 0.25) is 5.13 Å². The predicted molar refractivity (Wildman–Crippen MR) is 60.4 cm³/mol. The highest BCUT2D eigenvalue weighted by molar-refractivity contribution is 8.00. The van der Waals surface area contributed by atoms with Crippen molar-refractivity contribution < 1.29 is 0 Å². The number of thioether (sulfide) groups is 1. The first-order valence-corrected chi connectivity index (χ1v) is 6.34. The van der Waals surface area contributed by atoms with Crippen LogP contribution in [-0.4, -0.2) is 15.2 Å². The number of thiazole rings is 1. The molecule has 0 aromatic carbocycles. The van der Waals surface area contributed by atoms with E-state index in [-0.39, 0.29) is 0 Å². The quantitative estimate of drug-likeness (QED) is 0.795. The largest absolute Gasteiger partial charge is 0.375 e. The van der Waals surface area contributed by atoms with Gasteiger partial charge in [-0.3, -0.25) is 0 Å². The van der Waals surface area contributed by atoms with E-state index in [4.69, 9.17) is 11.5 Å². The van der Waals surface area contributed by atoms with Gasteiger partial charge in [0.15, 0.2) is 9.47 Å². The molecule has 0 aliphatic heterocycles. The summed E-state index contributed by atoms with van der Waals surface area (Å²) in [4.78, 5) is 4.13. The Balaban J connectivity index is 1.94. The van der Waals surface area contributed by atoms with Gasteiger partial charge in [-0.15, -0.1) is 21.5 Å². The summed E-state index contributed by atoms with van der Waals surface area (Å²) in [6.07, 6.45) is 0. The third-order valence-corrected chi connectivity index (χ3v) is 3.98. The number of nitrogens with zero attached hydrogens (tertiary/aromatic N) is 3. The summed E-state index contributed by atoms with van der Waals surface area (Å²) in [6, 6.07) is 0. The molecule has 5 nitrogen and oxygen atoms in total. The van der Waals surface area contributed by atoms with Crippen LogP contribution in [0.5, 0.6) is 0 Å². The molecule has 74 valence electrons. The Kier molecular flexibility index (Phi) is 2.85. The lowest BCUT2D eigenvalue weighted by Gasteiger charge is -1.90. The molecule has 2 aromatic rings. The van der Waals surface area contributed by atoms with Crippen LogP contribution in [0.3, 0.4) is 0 Å². The molecule has 14 heavy (non-hydrogen) atoms. The maximum atomic E-state index is 5.50. The van der Waals surface area contributed by atoms with E-state index in [1.807, 2.05) is 5.38 Å². The fraction of sp³-hybridized carbons (Fsp3) is 0.167. The number of aromatic nitrogens is 3. The van der Waals surface area contributed by atoms with Crippen molar-refractivity contribution in [2.24, 2.45) is 0 Å². The molecule has 0 bridgehead atoms. The number of anilines is 2. The number of nitrogen functional groups attached to an aromatic ring is 2. The first-order chi connectivity index (χ1) is 6.74. The van der Waals surface area contributed by atoms with Crippen LogP contribution in [0, 0.1) is 0 Å². The fourth-order valence-electron chi connectivity index (χ4n) is 0.803. The summed E-state index contributed by atoms with van der Waals surface area (Å²) in [7, 11) is 0. The first-order valence-electron chi connectivity index (χ1n) is 3.65. The smallest absolute Gasteiger partial charge is 0.203 e. The van der Waals surface area contributed by atoms with Crippen molar-refractivity contribution in [3.05, 3.63) is 11.1 Å². The summed E-state index contributed by atoms with van der Waals surface area (Å²) >= 11 is 4.38. The van der Waals surface area contributed by atoms with Crippen molar-refractivity contribution in [1.29, 1.82) is 0 Å². The highest BCUT2D eigenvalue weighted by Crippen LogP contribution is 2.27. The monoisotopic (exact) mass is 245 g/mol. The minimum absolute atomic E-state index is 0.491. The Hall–Kier alpha value is -0.860. The van der Waals surface area contributed by atoms with Crippen LogP contribution in [0.25, 0.3) is 0 Å². The van der Waals surface area contributed by atoms with Gasteiger partial charge < -0.3 is 11.5 Å². The highest BCUT2D eigenvalue weighted by atomic mass is 32.2. The minimum Gasteiger partial charge on any atom is -0.375 e. The molecule has 0 saturated carbocycles. The molecule has 0 fully saturated rings. The third kappa shape index (κ3) is 2.34. The van der Waals surface area contributed by atoms with Gasteiger partial charge in [0.25, 0.3) is 0 Å². The predicted octanol–water partition coefficient (Wildman–Crippen LogP) is 1.45. The lowest BCUT2D eigenvalue weighted by Crippen LogP contribution is -1.84. The highest BCUT2D eigenvalue weighted by Gasteiger charge is 2.04. The zero-order valence-corrected chi connectivity index (χ0v) is 9.46. The van der Waals surface area contributed by atoms with Crippen LogP contribution in [-0.2, 0) is 5.75 Å². The number of hydrogen-bond acceptors (Lipinski definition) is 8. The second-order valence-electron chi connectivity index (χ2n) is 2.37. The normalized spacial score (nSPS) is 10.6. The van der Waals surface area contributed by atoms with Crippen molar-refractivity contribution in [3.8, 4) is 0 Å². The first kappa shape index (κ1) is 9.69. The van der Waals surface area contributed by atoms with Gasteiger partial charge in [0.05, 0.1) is 5.69 Å². The molecule has 0 aliphatic carbocycles. The number of nitrogens with two attached hydrogens (primary N) is 2. The van der Waals surface area contributed by atoms with Crippen molar-refractivity contribution >= 4 is 44.7 Å². The molecule has 2 heterocycles. The Morgan fingerprint density at radius 1 is 1.29 bits per heavy atom. The van der Waals surface area contributed by atoms with Crippen LogP contribution < -0.4 is 11.5 Å². The van der Waals surface area contributed by atoms with Gasteiger partial charge in [-0.2, -0.15) is 0 Å². The van der Waals surface area contributed by atoms with Gasteiger partial charge in [0.1, 0.15) is 0 Å². The summed E-state index contributed by atoms with van der Waals surface area (Å²) < 4.78 is 0.856. The average Bonchev–Trinajstić information content (AvgIpc) is 2.72. The van der Waals surface area contributed by atoms with Crippen LogP contribution >= 0.6 is 34.4 Å². The zero-order chi connectivity index (χ0) is 9.97. The lowest BCUT2D eigenvalue weighted by molar-refractivity contribution is 1.02. The van der Waals surface area contributed by atoms with Crippen molar-refractivity contribution in [2.45, 2.75) is 10.1 Å². The average molecular weight is 245 g/mol. The Bertz CT molecular complexity index is 382. The minimum atomic E-state index is 0.491. The molecule has 2 rings (SSSR count). The van der Waals surface area contributed by atoms with Gasteiger partial charge in [0, 0.05) is 11.1 Å². The van der Waals surface area contributed by atoms with Crippen LogP contribution in [0.1, 0.15) is 5.69 Å². The maximum Gasteiger partial charge on any atom is 0.203 e. The molecule has 0 unspecified atom stereocenters. The molecule has 0 saturated heterocycles. The van der Waals surface area contributed by atoms with Crippen LogP contribution in [0.15, 0.2) is 9.72 Å². The van der Waals surface area contributed by atoms with E-state index in [0.717, 1.165) is 15.8 Å². The lowest BCUT2D eigenvalue weighted by atomic mass is 10.6. The van der Waals surface area contributed by atoms with Crippen molar-refractivity contribution in [3.63, 3.8) is 0 Å². The van der Waals surface area contributed by atoms with E-state index >= 15 is 0 Å². The Morgan fingerprint density at radius 2 is 2.14 bits per heavy atom. The summed E-state index contributed by atoms with van der Waals surface area (Å²) in [6.45, 7) is 0. The van der Waals surface area contributed by atoms with E-state index in [1.54, 1.807) is 11.8 Å². The van der Waals surface area contributed by atoms with Gasteiger partial charge >= 0.3 is 0 Å². The van der Waals surface area contributed by atoms with E-state index < -0.39 is 0 Å². The second kappa shape index (κ2) is 4.11. The summed E-state index contributed by atoms with van der Waals surface area (Å²) in [5, 5.41) is 10.6. The molecule has 0 aliphatic rings. The second-order valence-corrected chi connectivity index (χ2v) is 5.49. The van der Waals surface area contributed by atoms with Gasteiger partial charge in [-0.05, 0) is 0 Å². The molecular weight excluding hydrogens is 238 g/mol. The Labute approximate surface area is 92.6 Å². The molecule has 0 amide bonds. The van der Waals surface area contributed by atoms with Crippen molar-refractivity contribution in [2.75, 3.05) is 11.5 Å². The molecule has 4 N–H and O–H groups in total. The van der Waals surface area contributed by atoms with E-state index in [0.29, 0.717) is 10.3 Å². The van der Waals surface area contributed by atoms with Crippen molar-refractivity contribution in [1.82, 2.24) is 15.2 Å². The van der Waals surface area contributed by atoms with E-state index in [9.17, 15) is 0 Å². The number of rotatable bonds is 3.